The predicted molar refractivity (Wildman–Crippen MR) is 118 cm³/mol. The van der Waals surface area contributed by atoms with Crippen LogP contribution in [0.15, 0.2) is 47.5 Å². The fourth-order valence-electron chi connectivity index (χ4n) is 4.07. The smallest absolute Gasteiger partial charge is 0.243 e. The molecule has 1 aliphatic heterocycles. The zero-order valence-electron chi connectivity index (χ0n) is 17.8. The van der Waals surface area contributed by atoms with E-state index in [9.17, 15) is 8.42 Å². The van der Waals surface area contributed by atoms with E-state index >= 15 is 0 Å². The molecule has 0 unspecified atom stereocenters. The zero-order valence-corrected chi connectivity index (χ0v) is 18.6. The van der Waals surface area contributed by atoms with Crippen LogP contribution in [0.4, 0.5) is 5.69 Å². The molecular weight excluding hydrogens is 398 g/mol. The van der Waals surface area contributed by atoms with Crippen LogP contribution in [0.1, 0.15) is 22.5 Å². The van der Waals surface area contributed by atoms with Gasteiger partial charge in [0, 0.05) is 32.4 Å². The topological polar surface area (TPSA) is 71.3 Å². The van der Waals surface area contributed by atoms with Gasteiger partial charge < -0.3 is 4.90 Å². The molecule has 0 spiro atoms. The molecule has 0 aliphatic carbocycles. The maximum atomic E-state index is 13.2. The number of anilines is 1. The van der Waals surface area contributed by atoms with Gasteiger partial charge in [-0.1, -0.05) is 18.2 Å². The van der Waals surface area contributed by atoms with Crippen LogP contribution in [0.3, 0.4) is 0 Å². The number of hydrogen-bond acceptors (Lipinski definition) is 5. The van der Waals surface area contributed by atoms with Gasteiger partial charge in [0.1, 0.15) is 0 Å². The lowest BCUT2D eigenvalue weighted by Gasteiger charge is -2.35. The molecular formula is C22H27N5O2S. The highest BCUT2D eigenvalue weighted by atomic mass is 32.2. The maximum Gasteiger partial charge on any atom is 0.243 e. The van der Waals surface area contributed by atoms with Crippen LogP contribution in [-0.2, 0) is 10.0 Å². The number of nitrogens with zero attached hydrogens (tertiary/aromatic N) is 5. The lowest BCUT2D eigenvalue weighted by Crippen LogP contribution is -2.49. The van der Waals surface area contributed by atoms with E-state index in [0.717, 1.165) is 34.0 Å². The van der Waals surface area contributed by atoms with E-state index < -0.39 is 10.0 Å². The number of hydrogen-bond donors (Lipinski definition) is 0. The van der Waals surface area contributed by atoms with Crippen LogP contribution in [0.2, 0.25) is 0 Å². The second kappa shape index (κ2) is 7.85. The van der Waals surface area contributed by atoms with Gasteiger partial charge in [0.25, 0.3) is 0 Å². The van der Waals surface area contributed by atoms with Crippen LogP contribution >= 0.6 is 0 Å². The third-order valence-corrected chi connectivity index (χ3v) is 7.68. The predicted octanol–water partition coefficient (Wildman–Crippen LogP) is 3.01. The molecule has 0 bridgehead atoms. The average Bonchev–Trinajstić information content (AvgIpc) is 3.04. The first kappa shape index (κ1) is 20.6. The second-order valence-electron chi connectivity index (χ2n) is 7.78. The number of piperazine rings is 1. The molecule has 0 amide bonds. The summed E-state index contributed by atoms with van der Waals surface area (Å²) in [6.07, 6.45) is 1.75. The van der Waals surface area contributed by atoms with Crippen molar-refractivity contribution in [1.82, 2.24) is 19.1 Å². The van der Waals surface area contributed by atoms with Crippen molar-refractivity contribution in [3.63, 3.8) is 0 Å². The largest absolute Gasteiger partial charge is 0.366 e. The molecule has 8 heteroatoms. The van der Waals surface area contributed by atoms with E-state index in [2.05, 4.69) is 15.0 Å². The van der Waals surface area contributed by atoms with Crippen LogP contribution in [0, 0.1) is 27.7 Å². The van der Waals surface area contributed by atoms with Crippen molar-refractivity contribution in [2.24, 2.45) is 0 Å². The van der Waals surface area contributed by atoms with Gasteiger partial charge in [-0.2, -0.15) is 9.40 Å². The molecule has 7 nitrogen and oxygen atoms in total. The van der Waals surface area contributed by atoms with Gasteiger partial charge in [-0.3, -0.25) is 0 Å². The van der Waals surface area contributed by atoms with E-state index in [0.29, 0.717) is 31.1 Å². The number of benzene rings is 1. The molecule has 1 aromatic carbocycles. The van der Waals surface area contributed by atoms with Gasteiger partial charge in [-0.05, 0) is 57.0 Å². The van der Waals surface area contributed by atoms with Crippen LogP contribution in [0.5, 0.6) is 0 Å². The average molecular weight is 426 g/mol. The van der Waals surface area contributed by atoms with Gasteiger partial charge in [0.2, 0.25) is 10.0 Å². The standard InChI is InChI=1S/C22H27N5O2S/c1-16-8-9-17(2)20(15-16)30(28,29)26-13-11-25(12-14-26)22-18(3)24-27(19(22)4)21-7-5-6-10-23-21/h5-10,15H,11-14H2,1-4H3. The Morgan fingerprint density at radius 2 is 1.67 bits per heavy atom. The molecule has 0 radical (unpaired) electrons. The Morgan fingerprint density at radius 3 is 2.33 bits per heavy atom. The molecule has 0 atom stereocenters. The first-order chi connectivity index (χ1) is 14.3. The highest BCUT2D eigenvalue weighted by Gasteiger charge is 2.31. The van der Waals surface area contributed by atoms with E-state index in [-0.39, 0.29) is 0 Å². The molecule has 30 heavy (non-hydrogen) atoms. The van der Waals surface area contributed by atoms with Gasteiger partial charge in [-0.25, -0.2) is 18.1 Å². The Bertz CT molecular complexity index is 1160. The summed E-state index contributed by atoms with van der Waals surface area (Å²) in [4.78, 5) is 7.03. The van der Waals surface area contributed by atoms with Gasteiger partial charge in [0.05, 0.1) is 22.0 Å². The summed E-state index contributed by atoms with van der Waals surface area (Å²) in [5.74, 6) is 0.778. The third kappa shape index (κ3) is 3.61. The van der Waals surface area contributed by atoms with Gasteiger partial charge in [-0.15, -0.1) is 0 Å². The van der Waals surface area contributed by atoms with Crippen molar-refractivity contribution in [3.8, 4) is 5.82 Å². The lowest BCUT2D eigenvalue weighted by atomic mass is 10.2. The monoisotopic (exact) mass is 425 g/mol. The third-order valence-electron chi connectivity index (χ3n) is 5.64. The van der Waals surface area contributed by atoms with Crippen molar-refractivity contribution >= 4 is 15.7 Å². The van der Waals surface area contributed by atoms with Crippen LogP contribution < -0.4 is 4.90 Å². The Labute approximate surface area is 178 Å². The zero-order chi connectivity index (χ0) is 21.5. The molecule has 158 valence electrons. The van der Waals surface area contributed by atoms with Crippen molar-refractivity contribution in [3.05, 3.63) is 65.1 Å². The summed E-state index contributed by atoms with van der Waals surface area (Å²) in [7, 11) is -3.50. The number of aromatic nitrogens is 3. The van der Waals surface area contributed by atoms with Crippen molar-refractivity contribution in [2.75, 3.05) is 31.1 Å². The van der Waals surface area contributed by atoms with Crippen molar-refractivity contribution < 1.29 is 8.42 Å². The molecule has 1 aliphatic rings. The second-order valence-corrected chi connectivity index (χ2v) is 9.69. The van der Waals surface area contributed by atoms with E-state index in [1.807, 2.05) is 62.7 Å². The molecule has 2 aromatic heterocycles. The molecule has 3 heterocycles. The lowest BCUT2D eigenvalue weighted by molar-refractivity contribution is 0.384. The van der Waals surface area contributed by atoms with Crippen molar-refractivity contribution in [2.45, 2.75) is 32.6 Å². The van der Waals surface area contributed by atoms with Crippen molar-refractivity contribution in [1.29, 1.82) is 0 Å². The summed E-state index contributed by atoms with van der Waals surface area (Å²) < 4.78 is 29.9. The minimum Gasteiger partial charge on any atom is -0.366 e. The minimum atomic E-state index is -3.50. The van der Waals surface area contributed by atoms with E-state index in [1.54, 1.807) is 16.6 Å². The molecule has 3 aromatic rings. The molecule has 1 fully saturated rings. The molecule has 1 saturated heterocycles. The SMILES string of the molecule is Cc1ccc(C)c(S(=O)(=O)N2CCN(c3c(C)nn(-c4ccccn4)c3C)CC2)c1. The van der Waals surface area contributed by atoms with Gasteiger partial charge in [0.15, 0.2) is 5.82 Å². The quantitative estimate of drug-likeness (QED) is 0.643. The Balaban J connectivity index is 1.56. The highest BCUT2D eigenvalue weighted by Crippen LogP contribution is 2.29. The van der Waals surface area contributed by atoms with E-state index in [1.165, 1.54) is 0 Å². The van der Waals surface area contributed by atoms with Crippen LogP contribution in [-0.4, -0.2) is 53.7 Å². The molecule has 0 N–H and O–H groups in total. The maximum absolute atomic E-state index is 13.2. The number of sulfonamides is 1. The summed E-state index contributed by atoms with van der Waals surface area (Å²) in [5.41, 5.74) is 4.72. The van der Waals surface area contributed by atoms with Crippen LogP contribution in [0.25, 0.3) is 5.82 Å². The first-order valence-corrected chi connectivity index (χ1v) is 11.5. The normalized spacial score (nSPS) is 15.5. The Morgan fingerprint density at radius 1 is 0.933 bits per heavy atom. The minimum absolute atomic E-state index is 0.409. The summed E-state index contributed by atoms with van der Waals surface area (Å²) >= 11 is 0. The van der Waals surface area contributed by atoms with Gasteiger partial charge >= 0.3 is 0 Å². The number of aryl methyl sites for hydroxylation is 3. The summed E-state index contributed by atoms with van der Waals surface area (Å²) in [5, 5.41) is 4.67. The first-order valence-electron chi connectivity index (χ1n) is 10.1. The highest BCUT2D eigenvalue weighted by molar-refractivity contribution is 7.89. The molecule has 0 saturated carbocycles. The van der Waals surface area contributed by atoms with E-state index in [4.69, 9.17) is 0 Å². The summed E-state index contributed by atoms with van der Waals surface area (Å²) in [6, 6.07) is 11.3. The molecule has 4 rings (SSSR count). The fourth-order valence-corrected chi connectivity index (χ4v) is 5.80. The summed E-state index contributed by atoms with van der Waals surface area (Å²) in [6.45, 7) is 9.93. The number of pyridine rings is 1. The fraction of sp³-hybridized carbons (Fsp3) is 0.364. The Kier molecular flexibility index (Phi) is 5.38. The Hall–Kier alpha value is -2.71. The number of rotatable bonds is 4.